The molecule has 104 valence electrons. The summed E-state index contributed by atoms with van der Waals surface area (Å²) in [4.78, 5) is 11.8. The Bertz CT molecular complexity index is 581. The Morgan fingerprint density at radius 1 is 1.10 bits per heavy atom. The molecule has 20 heavy (non-hydrogen) atoms. The minimum atomic E-state index is -0.252. The van der Waals surface area contributed by atoms with Crippen molar-refractivity contribution < 1.29 is 9.18 Å². The van der Waals surface area contributed by atoms with E-state index >= 15 is 0 Å². The summed E-state index contributed by atoms with van der Waals surface area (Å²) in [5.41, 5.74) is 8.23. The molecule has 0 aromatic heterocycles. The predicted octanol–water partition coefficient (Wildman–Crippen LogP) is 2.31. The van der Waals surface area contributed by atoms with Crippen LogP contribution >= 0.6 is 0 Å². The largest absolute Gasteiger partial charge is 0.398 e. The normalized spacial score (nSPS) is 10.2. The Hall–Kier alpha value is -2.36. The van der Waals surface area contributed by atoms with Gasteiger partial charge in [-0.3, -0.25) is 4.79 Å². The zero-order valence-electron chi connectivity index (χ0n) is 11.1. The number of benzene rings is 2. The summed E-state index contributed by atoms with van der Waals surface area (Å²) in [6.45, 7) is 0.525. The van der Waals surface area contributed by atoms with E-state index < -0.39 is 0 Å². The minimum absolute atomic E-state index is 0.0648. The third kappa shape index (κ3) is 4.09. The number of halogens is 1. The van der Waals surface area contributed by atoms with E-state index in [1.807, 2.05) is 18.2 Å². The van der Waals surface area contributed by atoms with Crippen LogP contribution in [0.1, 0.15) is 11.1 Å². The number of nitrogens with one attached hydrogen (secondary N) is 1. The molecule has 2 rings (SSSR count). The summed E-state index contributed by atoms with van der Waals surface area (Å²) in [5, 5.41) is 2.83. The topological polar surface area (TPSA) is 55.1 Å². The van der Waals surface area contributed by atoms with Gasteiger partial charge in [0.05, 0.1) is 6.42 Å². The number of nitrogens with two attached hydrogens (primary N) is 1. The van der Waals surface area contributed by atoms with Crippen molar-refractivity contribution in [3.8, 4) is 0 Å². The maximum atomic E-state index is 12.7. The Balaban J connectivity index is 1.78. The molecule has 0 unspecified atom stereocenters. The van der Waals surface area contributed by atoms with Gasteiger partial charge in [-0.15, -0.1) is 0 Å². The first-order chi connectivity index (χ1) is 9.65. The van der Waals surface area contributed by atoms with Gasteiger partial charge in [-0.2, -0.15) is 0 Å². The van der Waals surface area contributed by atoms with Gasteiger partial charge >= 0.3 is 0 Å². The highest BCUT2D eigenvalue weighted by molar-refractivity contribution is 5.80. The van der Waals surface area contributed by atoms with Crippen LogP contribution in [0.5, 0.6) is 0 Å². The molecule has 0 atom stereocenters. The summed E-state index contributed by atoms with van der Waals surface area (Å²) >= 11 is 0. The highest BCUT2D eigenvalue weighted by Gasteiger charge is 2.05. The summed E-state index contributed by atoms with van der Waals surface area (Å²) in [6.07, 6.45) is 0.951. The van der Waals surface area contributed by atoms with Gasteiger partial charge in [-0.25, -0.2) is 4.39 Å². The quantitative estimate of drug-likeness (QED) is 0.821. The van der Waals surface area contributed by atoms with Crippen molar-refractivity contribution in [2.75, 3.05) is 12.3 Å². The number of hydrogen-bond donors (Lipinski definition) is 2. The maximum Gasteiger partial charge on any atom is 0.224 e. The first kappa shape index (κ1) is 14.1. The molecular formula is C16H17FN2O. The molecule has 3 nitrogen and oxygen atoms in total. The lowest BCUT2D eigenvalue weighted by Gasteiger charge is -2.07. The van der Waals surface area contributed by atoms with Crippen molar-refractivity contribution in [1.82, 2.24) is 5.32 Å². The molecule has 4 heteroatoms. The van der Waals surface area contributed by atoms with Gasteiger partial charge in [0.15, 0.2) is 0 Å². The zero-order chi connectivity index (χ0) is 14.4. The molecule has 2 aromatic carbocycles. The Morgan fingerprint density at radius 3 is 2.50 bits per heavy atom. The van der Waals surface area contributed by atoms with Crippen molar-refractivity contribution in [3.05, 3.63) is 65.5 Å². The average Bonchev–Trinajstić information content (AvgIpc) is 2.44. The van der Waals surface area contributed by atoms with Crippen LogP contribution in [0, 0.1) is 5.82 Å². The molecule has 0 aliphatic heterocycles. The second-order valence-electron chi connectivity index (χ2n) is 4.60. The highest BCUT2D eigenvalue weighted by atomic mass is 19.1. The van der Waals surface area contributed by atoms with E-state index in [9.17, 15) is 9.18 Å². The number of nitrogen functional groups attached to an aromatic ring is 1. The molecule has 0 radical (unpaired) electrons. The lowest BCUT2D eigenvalue weighted by atomic mass is 10.1. The molecule has 1 amide bonds. The lowest BCUT2D eigenvalue weighted by Crippen LogP contribution is -2.27. The highest BCUT2D eigenvalue weighted by Crippen LogP contribution is 2.10. The fraction of sp³-hybridized carbons (Fsp3) is 0.188. The van der Waals surface area contributed by atoms with E-state index in [0.717, 1.165) is 11.1 Å². The number of amides is 1. The first-order valence-corrected chi connectivity index (χ1v) is 6.49. The van der Waals surface area contributed by atoms with Crippen molar-refractivity contribution in [3.63, 3.8) is 0 Å². The van der Waals surface area contributed by atoms with Gasteiger partial charge in [-0.1, -0.05) is 30.3 Å². The molecule has 0 bridgehead atoms. The monoisotopic (exact) mass is 272 g/mol. The van der Waals surface area contributed by atoms with Crippen molar-refractivity contribution >= 4 is 11.6 Å². The van der Waals surface area contributed by atoms with Crippen LogP contribution in [0.2, 0.25) is 0 Å². The van der Waals surface area contributed by atoms with Crippen LogP contribution in [0.4, 0.5) is 10.1 Å². The first-order valence-electron chi connectivity index (χ1n) is 6.49. The second-order valence-corrected chi connectivity index (χ2v) is 4.60. The third-order valence-electron chi connectivity index (χ3n) is 3.06. The van der Waals surface area contributed by atoms with E-state index in [1.54, 1.807) is 18.2 Å². The number of para-hydroxylation sites is 1. The average molecular weight is 272 g/mol. The van der Waals surface area contributed by atoms with Gasteiger partial charge in [0.1, 0.15) is 5.82 Å². The molecule has 0 fully saturated rings. The van der Waals surface area contributed by atoms with E-state index in [0.29, 0.717) is 18.7 Å². The van der Waals surface area contributed by atoms with Gasteiger partial charge in [0.2, 0.25) is 5.91 Å². The molecule has 3 N–H and O–H groups in total. The van der Waals surface area contributed by atoms with Crippen molar-refractivity contribution in [2.45, 2.75) is 12.8 Å². The number of carbonyl (C=O) groups is 1. The molecule has 0 spiro atoms. The predicted molar refractivity (Wildman–Crippen MR) is 77.7 cm³/mol. The van der Waals surface area contributed by atoms with Crippen molar-refractivity contribution in [2.24, 2.45) is 0 Å². The van der Waals surface area contributed by atoms with Crippen LogP contribution in [0.25, 0.3) is 0 Å². The summed E-state index contributed by atoms with van der Waals surface area (Å²) in [6, 6.07) is 13.6. The van der Waals surface area contributed by atoms with Gasteiger partial charge in [0, 0.05) is 12.2 Å². The molecule has 0 aliphatic carbocycles. The Labute approximate surface area is 117 Å². The van der Waals surface area contributed by atoms with E-state index in [1.165, 1.54) is 12.1 Å². The fourth-order valence-electron chi connectivity index (χ4n) is 1.93. The number of carbonyl (C=O) groups excluding carboxylic acids is 1. The standard InChI is InChI=1S/C16H17FN2O/c17-14-7-5-12(6-8-14)9-10-19-16(20)11-13-3-1-2-4-15(13)18/h1-8H,9-11,18H2,(H,19,20). The minimum Gasteiger partial charge on any atom is -0.398 e. The van der Waals surface area contributed by atoms with Crippen LogP contribution in [0.3, 0.4) is 0 Å². The summed E-state index contributed by atoms with van der Waals surface area (Å²) in [5.74, 6) is -0.317. The smallest absolute Gasteiger partial charge is 0.224 e. The van der Waals surface area contributed by atoms with E-state index in [2.05, 4.69) is 5.32 Å². The second kappa shape index (κ2) is 6.70. The summed E-state index contributed by atoms with van der Waals surface area (Å²) < 4.78 is 12.7. The van der Waals surface area contributed by atoms with Gasteiger partial charge in [-0.05, 0) is 35.7 Å². The molecule has 0 aliphatic rings. The maximum absolute atomic E-state index is 12.7. The molecule has 0 saturated heterocycles. The van der Waals surface area contributed by atoms with Crippen LogP contribution in [-0.4, -0.2) is 12.5 Å². The van der Waals surface area contributed by atoms with Crippen LogP contribution in [-0.2, 0) is 17.6 Å². The van der Waals surface area contributed by atoms with E-state index in [4.69, 9.17) is 5.73 Å². The Kier molecular flexibility index (Phi) is 4.71. The third-order valence-corrected chi connectivity index (χ3v) is 3.06. The summed E-state index contributed by atoms with van der Waals surface area (Å²) in [7, 11) is 0. The Morgan fingerprint density at radius 2 is 1.80 bits per heavy atom. The van der Waals surface area contributed by atoms with E-state index in [-0.39, 0.29) is 18.1 Å². The SMILES string of the molecule is Nc1ccccc1CC(=O)NCCc1ccc(F)cc1. The van der Waals surface area contributed by atoms with Gasteiger partial charge < -0.3 is 11.1 Å². The molecule has 0 heterocycles. The number of rotatable bonds is 5. The molecule has 0 saturated carbocycles. The van der Waals surface area contributed by atoms with Crippen LogP contribution in [0.15, 0.2) is 48.5 Å². The van der Waals surface area contributed by atoms with Gasteiger partial charge in [0.25, 0.3) is 0 Å². The molecular weight excluding hydrogens is 255 g/mol. The fourth-order valence-corrected chi connectivity index (χ4v) is 1.93. The zero-order valence-corrected chi connectivity index (χ0v) is 11.1. The van der Waals surface area contributed by atoms with Crippen LogP contribution < -0.4 is 11.1 Å². The number of hydrogen-bond acceptors (Lipinski definition) is 2. The molecule has 2 aromatic rings. The van der Waals surface area contributed by atoms with Crippen molar-refractivity contribution in [1.29, 1.82) is 0 Å². The number of anilines is 1. The lowest BCUT2D eigenvalue weighted by molar-refractivity contribution is -0.120.